The molecule has 0 atom stereocenters. The average Bonchev–Trinajstić information content (AvgIpc) is 2.77. The zero-order valence-corrected chi connectivity index (χ0v) is 12.2. The van der Waals surface area contributed by atoms with Crippen molar-refractivity contribution >= 4 is 11.8 Å². The summed E-state index contributed by atoms with van der Waals surface area (Å²) in [5.41, 5.74) is 3.10. The minimum atomic E-state index is -0.202. The van der Waals surface area contributed by atoms with Gasteiger partial charge in [-0.2, -0.15) is 16.9 Å². The first kappa shape index (κ1) is 14.1. The number of hydrogen-bond donors (Lipinski definition) is 0. The number of nitrogens with zero attached hydrogens (tertiary/aromatic N) is 2. The summed E-state index contributed by atoms with van der Waals surface area (Å²) in [7, 11) is 0. The van der Waals surface area contributed by atoms with E-state index in [-0.39, 0.29) is 5.82 Å². The third-order valence-electron chi connectivity index (χ3n) is 3.01. The zero-order valence-electron chi connectivity index (χ0n) is 11.4. The number of hydrogen-bond acceptors (Lipinski definition) is 2. The van der Waals surface area contributed by atoms with Crippen molar-refractivity contribution in [2.24, 2.45) is 0 Å². The summed E-state index contributed by atoms with van der Waals surface area (Å²) in [6.45, 7) is 2.91. The van der Waals surface area contributed by atoms with Gasteiger partial charge in [-0.1, -0.05) is 0 Å². The molecule has 0 spiro atoms. The number of aromatic nitrogens is 2. The van der Waals surface area contributed by atoms with E-state index in [4.69, 9.17) is 0 Å². The molecule has 19 heavy (non-hydrogen) atoms. The first-order valence-corrected chi connectivity index (χ1v) is 7.89. The van der Waals surface area contributed by atoms with Crippen molar-refractivity contribution in [3.05, 3.63) is 41.8 Å². The molecule has 0 fully saturated rings. The van der Waals surface area contributed by atoms with E-state index in [1.807, 2.05) is 35.5 Å². The van der Waals surface area contributed by atoms with Gasteiger partial charge in [0.1, 0.15) is 5.82 Å². The van der Waals surface area contributed by atoms with Crippen LogP contribution in [0.2, 0.25) is 0 Å². The molecule has 1 heterocycles. The van der Waals surface area contributed by atoms with E-state index < -0.39 is 0 Å². The van der Waals surface area contributed by atoms with E-state index in [0.29, 0.717) is 0 Å². The summed E-state index contributed by atoms with van der Waals surface area (Å²) in [4.78, 5) is 0. The molecule has 0 N–H and O–H groups in total. The highest BCUT2D eigenvalue weighted by atomic mass is 32.2. The topological polar surface area (TPSA) is 17.8 Å². The molecule has 0 radical (unpaired) electrons. The van der Waals surface area contributed by atoms with Gasteiger partial charge in [0.2, 0.25) is 0 Å². The van der Waals surface area contributed by atoms with Crippen molar-refractivity contribution in [1.82, 2.24) is 9.78 Å². The van der Waals surface area contributed by atoms with E-state index in [1.54, 1.807) is 0 Å². The first-order chi connectivity index (χ1) is 9.20. The number of rotatable bonds is 6. The minimum absolute atomic E-state index is 0.202. The maximum Gasteiger partial charge on any atom is 0.123 e. The highest BCUT2D eigenvalue weighted by Crippen LogP contribution is 2.21. The smallest absolute Gasteiger partial charge is 0.123 e. The molecule has 0 aliphatic carbocycles. The van der Waals surface area contributed by atoms with Gasteiger partial charge in [0.25, 0.3) is 0 Å². The Labute approximate surface area is 118 Å². The molecule has 4 heteroatoms. The summed E-state index contributed by atoms with van der Waals surface area (Å²) in [5, 5.41) is 4.52. The van der Waals surface area contributed by atoms with Crippen molar-refractivity contribution in [1.29, 1.82) is 0 Å². The zero-order chi connectivity index (χ0) is 13.7. The Morgan fingerprint density at radius 2 is 1.95 bits per heavy atom. The normalized spacial score (nSPS) is 10.9. The molecular weight excluding hydrogens is 259 g/mol. The second-order valence-electron chi connectivity index (χ2n) is 4.60. The molecule has 0 amide bonds. The van der Waals surface area contributed by atoms with E-state index in [1.165, 1.54) is 24.3 Å². The van der Waals surface area contributed by atoms with Crippen LogP contribution in [0.5, 0.6) is 0 Å². The number of aryl methyl sites for hydroxylation is 2. The first-order valence-electron chi connectivity index (χ1n) is 6.50. The van der Waals surface area contributed by atoms with Crippen LogP contribution in [0, 0.1) is 12.7 Å². The highest BCUT2D eigenvalue weighted by molar-refractivity contribution is 7.98. The maximum atomic E-state index is 13.0. The van der Waals surface area contributed by atoms with Gasteiger partial charge in [-0.15, -0.1) is 0 Å². The van der Waals surface area contributed by atoms with E-state index in [0.717, 1.165) is 29.9 Å². The fourth-order valence-electron chi connectivity index (χ4n) is 2.08. The summed E-state index contributed by atoms with van der Waals surface area (Å²) in [5.74, 6) is 0.984. The molecule has 0 unspecified atom stereocenters. The Kier molecular flexibility index (Phi) is 5.02. The third kappa shape index (κ3) is 3.83. The molecule has 0 saturated heterocycles. The molecule has 2 aromatic rings. The fourth-order valence-corrected chi connectivity index (χ4v) is 2.57. The Balaban J connectivity index is 2.13. The van der Waals surface area contributed by atoms with Crippen LogP contribution in [0.15, 0.2) is 30.3 Å². The van der Waals surface area contributed by atoms with Crippen LogP contribution in [0.25, 0.3) is 11.3 Å². The van der Waals surface area contributed by atoms with Gasteiger partial charge in [-0.25, -0.2) is 4.39 Å². The summed E-state index contributed by atoms with van der Waals surface area (Å²) >= 11 is 1.87. The van der Waals surface area contributed by atoms with Crippen LogP contribution in [-0.4, -0.2) is 21.8 Å². The van der Waals surface area contributed by atoms with Crippen molar-refractivity contribution in [2.45, 2.75) is 26.3 Å². The number of thioether (sulfide) groups is 1. The monoisotopic (exact) mass is 278 g/mol. The fraction of sp³-hybridized carbons (Fsp3) is 0.400. The van der Waals surface area contributed by atoms with Gasteiger partial charge >= 0.3 is 0 Å². The molecule has 102 valence electrons. The largest absolute Gasteiger partial charge is 0.265 e. The molecule has 2 nitrogen and oxygen atoms in total. The lowest BCUT2D eigenvalue weighted by Gasteiger charge is -2.07. The van der Waals surface area contributed by atoms with Crippen LogP contribution < -0.4 is 0 Å². The molecule has 0 aliphatic heterocycles. The van der Waals surface area contributed by atoms with Crippen LogP contribution in [-0.2, 0) is 6.54 Å². The van der Waals surface area contributed by atoms with Gasteiger partial charge in [0, 0.05) is 6.54 Å². The van der Waals surface area contributed by atoms with Gasteiger partial charge in [0.05, 0.1) is 11.4 Å². The molecule has 0 bridgehead atoms. The number of unbranched alkanes of at least 4 members (excludes halogenated alkanes) is 1. The Bertz CT molecular complexity index is 519. The quantitative estimate of drug-likeness (QED) is 0.739. The summed E-state index contributed by atoms with van der Waals surface area (Å²) < 4.78 is 15.0. The van der Waals surface area contributed by atoms with Crippen LogP contribution in [0.3, 0.4) is 0 Å². The average molecular weight is 278 g/mol. The predicted molar refractivity (Wildman–Crippen MR) is 80.0 cm³/mol. The third-order valence-corrected chi connectivity index (χ3v) is 3.71. The maximum absolute atomic E-state index is 13.0. The van der Waals surface area contributed by atoms with Crippen molar-refractivity contribution in [3.63, 3.8) is 0 Å². The van der Waals surface area contributed by atoms with Crippen molar-refractivity contribution in [3.8, 4) is 11.3 Å². The molecule has 1 aromatic heterocycles. The van der Waals surface area contributed by atoms with Crippen molar-refractivity contribution < 1.29 is 4.39 Å². The molecular formula is C15H19FN2S. The van der Waals surface area contributed by atoms with Gasteiger partial charge in [-0.05, 0) is 67.7 Å². The lowest BCUT2D eigenvalue weighted by Crippen LogP contribution is -2.03. The van der Waals surface area contributed by atoms with Crippen molar-refractivity contribution in [2.75, 3.05) is 12.0 Å². The molecule has 2 rings (SSSR count). The molecule has 1 aromatic carbocycles. The van der Waals surface area contributed by atoms with Crippen LogP contribution in [0.4, 0.5) is 4.39 Å². The van der Waals surface area contributed by atoms with E-state index in [9.17, 15) is 4.39 Å². The predicted octanol–water partition coefficient (Wildman–Crippen LogP) is 4.14. The van der Waals surface area contributed by atoms with E-state index >= 15 is 0 Å². The molecule has 0 saturated carbocycles. The Morgan fingerprint density at radius 3 is 2.63 bits per heavy atom. The highest BCUT2D eigenvalue weighted by Gasteiger charge is 2.07. The van der Waals surface area contributed by atoms with Crippen LogP contribution in [0.1, 0.15) is 18.5 Å². The minimum Gasteiger partial charge on any atom is -0.265 e. The Morgan fingerprint density at radius 1 is 1.21 bits per heavy atom. The van der Waals surface area contributed by atoms with E-state index in [2.05, 4.69) is 17.4 Å². The summed E-state index contributed by atoms with van der Waals surface area (Å²) in [6.07, 6.45) is 4.45. The Hall–Kier alpha value is -1.29. The number of benzene rings is 1. The van der Waals surface area contributed by atoms with Crippen LogP contribution >= 0.6 is 11.8 Å². The van der Waals surface area contributed by atoms with Gasteiger partial charge < -0.3 is 0 Å². The van der Waals surface area contributed by atoms with Gasteiger partial charge in [-0.3, -0.25) is 4.68 Å². The van der Waals surface area contributed by atoms with Gasteiger partial charge in [0.15, 0.2) is 0 Å². The second-order valence-corrected chi connectivity index (χ2v) is 5.59. The second kappa shape index (κ2) is 6.75. The summed E-state index contributed by atoms with van der Waals surface area (Å²) in [6, 6.07) is 8.67. The number of halogens is 1. The standard InChI is InChI=1S/C15H19FN2S/c1-12-11-15(13-5-7-14(16)8-6-13)18(17-12)9-3-4-10-19-2/h5-8,11H,3-4,9-10H2,1-2H3. The lowest BCUT2D eigenvalue weighted by molar-refractivity contribution is 0.575. The lowest BCUT2D eigenvalue weighted by atomic mass is 10.1. The SMILES string of the molecule is CSCCCCn1nc(C)cc1-c1ccc(F)cc1. The molecule has 0 aliphatic rings.